The van der Waals surface area contributed by atoms with Gasteiger partial charge in [-0.05, 0) is 120 Å². The van der Waals surface area contributed by atoms with Gasteiger partial charge in [-0.2, -0.15) is 0 Å². The molecule has 0 heterocycles. The Labute approximate surface area is 335 Å². The van der Waals surface area contributed by atoms with Crippen molar-refractivity contribution in [1.82, 2.24) is 0 Å². The van der Waals surface area contributed by atoms with Gasteiger partial charge in [-0.1, -0.05) is 184 Å². The summed E-state index contributed by atoms with van der Waals surface area (Å²) in [4.78, 5) is 2.34. The molecule has 2 aliphatic carbocycles. The molecule has 2 aliphatic rings. The van der Waals surface area contributed by atoms with Gasteiger partial charge in [0.1, 0.15) is 0 Å². The average molecular weight is 728 g/mol. The van der Waals surface area contributed by atoms with Crippen molar-refractivity contribution in [1.29, 1.82) is 0 Å². The van der Waals surface area contributed by atoms with Gasteiger partial charge in [0.15, 0.2) is 0 Å². The Morgan fingerprint density at radius 3 is 1.42 bits per heavy atom. The standard InChI is InChI=1S/C56H41N/c1-55(2)50-20-10-12-22-52(50)56(53-23-13-11-21-51(53)55)49-19-9-8-18-47(49)48-35-31-43(37-54(48)56)41-26-24-39(25-27-41)40-28-32-45(33-29-40)57(44-16-4-3-5-17-44)46-34-30-38-14-6-7-15-42(38)36-46/h3-37H,1-2H3. The molecule has 9 aromatic carbocycles. The maximum absolute atomic E-state index is 2.48. The van der Waals surface area contributed by atoms with Crippen LogP contribution in [-0.2, 0) is 10.8 Å². The fraction of sp³-hybridized carbons (Fsp3) is 0.0714. The van der Waals surface area contributed by atoms with Gasteiger partial charge in [-0.25, -0.2) is 0 Å². The zero-order chi connectivity index (χ0) is 38.1. The number of rotatable bonds is 5. The zero-order valence-electron chi connectivity index (χ0n) is 32.2. The van der Waals surface area contributed by atoms with Crippen LogP contribution in [0.1, 0.15) is 47.2 Å². The van der Waals surface area contributed by atoms with Crippen molar-refractivity contribution in [3.05, 3.63) is 246 Å². The highest BCUT2D eigenvalue weighted by Gasteiger charge is 2.53. The molecule has 1 heteroatoms. The SMILES string of the molecule is CC1(C)c2ccccc2C2(c3ccccc3-c3ccc(-c4ccc(-c5ccc(N(c6ccccc6)c6ccc7ccccc7c6)cc5)cc4)cc32)c2ccccc21. The second kappa shape index (κ2) is 12.8. The number of nitrogens with zero attached hydrogens (tertiary/aromatic N) is 1. The Morgan fingerprint density at radius 2 is 0.754 bits per heavy atom. The molecule has 0 atom stereocenters. The molecule has 0 aromatic heterocycles. The van der Waals surface area contributed by atoms with Crippen molar-refractivity contribution in [3.8, 4) is 33.4 Å². The molecule has 0 unspecified atom stereocenters. The second-order valence-corrected chi connectivity index (χ2v) is 16.1. The minimum absolute atomic E-state index is 0.113. The van der Waals surface area contributed by atoms with Crippen LogP contribution in [0.2, 0.25) is 0 Å². The highest BCUT2D eigenvalue weighted by molar-refractivity contribution is 5.91. The van der Waals surface area contributed by atoms with Crippen LogP contribution >= 0.6 is 0 Å². The van der Waals surface area contributed by atoms with Crippen molar-refractivity contribution in [3.63, 3.8) is 0 Å². The van der Waals surface area contributed by atoms with Gasteiger partial charge in [0.2, 0.25) is 0 Å². The van der Waals surface area contributed by atoms with Crippen molar-refractivity contribution < 1.29 is 0 Å². The molecular formula is C56H41N. The van der Waals surface area contributed by atoms with Crippen LogP contribution in [0.3, 0.4) is 0 Å². The Kier molecular flexibility index (Phi) is 7.50. The molecule has 11 rings (SSSR count). The smallest absolute Gasteiger partial charge is 0.0719 e. The molecular weight excluding hydrogens is 687 g/mol. The highest BCUT2D eigenvalue weighted by Crippen LogP contribution is 2.62. The van der Waals surface area contributed by atoms with Crippen molar-refractivity contribution in [2.45, 2.75) is 24.7 Å². The molecule has 0 aliphatic heterocycles. The Bertz CT molecular complexity index is 2920. The van der Waals surface area contributed by atoms with Gasteiger partial charge in [-0.3, -0.25) is 0 Å². The first-order chi connectivity index (χ1) is 28.0. The molecule has 0 radical (unpaired) electrons. The lowest BCUT2D eigenvalue weighted by molar-refractivity contribution is 0.563. The molecule has 1 spiro atoms. The third kappa shape index (κ3) is 5.02. The third-order valence-corrected chi connectivity index (χ3v) is 12.7. The summed E-state index contributed by atoms with van der Waals surface area (Å²) in [7, 11) is 0. The van der Waals surface area contributed by atoms with Crippen LogP contribution in [0.25, 0.3) is 44.2 Å². The summed E-state index contributed by atoms with van der Waals surface area (Å²) in [6, 6.07) is 78.6. The Morgan fingerprint density at radius 1 is 0.298 bits per heavy atom. The molecule has 0 saturated carbocycles. The molecule has 1 nitrogen and oxygen atoms in total. The molecule has 0 bridgehead atoms. The largest absolute Gasteiger partial charge is 0.310 e. The predicted molar refractivity (Wildman–Crippen MR) is 239 cm³/mol. The summed E-state index contributed by atoms with van der Waals surface area (Å²) in [6.07, 6.45) is 0. The van der Waals surface area contributed by atoms with E-state index in [1.165, 1.54) is 77.5 Å². The van der Waals surface area contributed by atoms with Gasteiger partial charge in [0.05, 0.1) is 5.41 Å². The van der Waals surface area contributed by atoms with Gasteiger partial charge in [-0.15, -0.1) is 0 Å². The summed E-state index contributed by atoms with van der Waals surface area (Å²) in [5, 5.41) is 2.47. The number of benzene rings is 9. The minimum Gasteiger partial charge on any atom is -0.310 e. The van der Waals surface area contributed by atoms with E-state index < -0.39 is 5.41 Å². The van der Waals surface area contributed by atoms with E-state index in [0.29, 0.717) is 0 Å². The summed E-state index contributed by atoms with van der Waals surface area (Å²) < 4.78 is 0. The summed E-state index contributed by atoms with van der Waals surface area (Å²) >= 11 is 0. The van der Waals surface area contributed by atoms with Gasteiger partial charge < -0.3 is 4.90 Å². The summed E-state index contributed by atoms with van der Waals surface area (Å²) in [5.41, 5.74) is 18.7. The normalized spacial score (nSPS) is 14.1. The van der Waals surface area contributed by atoms with Gasteiger partial charge >= 0.3 is 0 Å². The van der Waals surface area contributed by atoms with E-state index in [2.05, 4.69) is 231 Å². The highest BCUT2D eigenvalue weighted by atomic mass is 15.1. The summed E-state index contributed by atoms with van der Waals surface area (Å²) in [5.74, 6) is 0. The number of para-hydroxylation sites is 1. The van der Waals surface area contributed by atoms with E-state index in [1.807, 2.05) is 0 Å². The van der Waals surface area contributed by atoms with Gasteiger partial charge in [0.25, 0.3) is 0 Å². The molecule has 0 saturated heterocycles. The van der Waals surface area contributed by atoms with E-state index in [9.17, 15) is 0 Å². The lowest BCUT2D eigenvalue weighted by atomic mass is 9.55. The van der Waals surface area contributed by atoms with E-state index in [-0.39, 0.29) is 5.41 Å². The van der Waals surface area contributed by atoms with Crippen molar-refractivity contribution in [2.75, 3.05) is 4.90 Å². The number of hydrogen-bond donors (Lipinski definition) is 0. The number of anilines is 3. The van der Waals surface area contributed by atoms with Crippen LogP contribution in [-0.4, -0.2) is 0 Å². The third-order valence-electron chi connectivity index (χ3n) is 12.7. The van der Waals surface area contributed by atoms with Crippen LogP contribution < -0.4 is 4.90 Å². The van der Waals surface area contributed by atoms with E-state index in [4.69, 9.17) is 0 Å². The number of hydrogen-bond acceptors (Lipinski definition) is 1. The van der Waals surface area contributed by atoms with E-state index >= 15 is 0 Å². The fourth-order valence-electron chi connectivity index (χ4n) is 10.0. The average Bonchev–Trinajstić information content (AvgIpc) is 3.57. The molecule has 9 aromatic rings. The Hall–Kier alpha value is -6.96. The maximum atomic E-state index is 2.48. The molecule has 0 fully saturated rings. The van der Waals surface area contributed by atoms with Crippen molar-refractivity contribution in [2.24, 2.45) is 0 Å². The quantitative estimate of drug-likeness (QED) is 0.171. The van der Waals surface area contributed by atoms with Crippen LogP contribution in [0, 0.1) is 0 Å². The molecule has 270 valence electrons. The minimum atomic E-state index is -0.396. The molecule has 0 amide bonds. The van der Waals surface area contributed by atoms with E-state index in [1.54, 1.807) is 0 Å². The second-order valence-electron chi connectivity index (χ2n) is 16.1. The fourth-order valence-corrected chi connectivity index (χ4v) is 10.0. The predicted octanol–water partition coefficient (Wildman–Crippen LogP) is 14.6. The van der Waals surface area contributed by atoms with E-state index in [0.717, 1.165) is 17.1 Å². The first-order valence-electron chi connectivity index (χ1n) is 20.0. The summed E-state index contributed by atoms with van der Waals surface area (Å²) in [6.45, 7) is 4.77. The molecule has 57 heavy (non-hydrogen) atoms. The van der Waals surface area contributed by atoms with Crippen molar-refractivity contribution >= 4 is 27.8 Å². The maximum Gasteiger partial charge on any atom is 0.0719 e. The topological polar surface area (TPSA) is 3.24 Å². The van der Waals surface area contributed by atoms with Crippen LogP contribution in [0.4, 0.5) is 17.1 Å². The first-order valence-corrected chi connectivity index (χ1v) is 20.0. The number of fused-ring (bicyclic) bond motifs is 10. The molecule has 0 N–H and O–H groups in total. The first kappa shape index (κ1) is 33.4. The lowest BCUT2D eigenvalue weighted by Gasteiger charge is -2.46. The van der Waals surface area contributed by atoms with Gasteiger partial charge in [0, 0.05) is 22.5 Å². The zero-order valence-corrected chi connectivity index (χ0v) is 32.2. The van der Waals surface area contributed by atoms with Crippen LogP contribution in [0.15, 0.2) is 212 Å². The van der Waals surface area contributed by atoms with Crippen LogP contribution in [0.5, 0.6) is 0 Å². The monoisotopic (exact) mass is 727 g/mol. The Balaban J connectivity index is 0.974. The lowest BCUT2D eigenvalue weighted by Crippen LogP contribution is -2.40.